The normalized spacial score (nSPS) is 15.2. The van der Waals surface area contributed by atoms with E-state index in [4.69, 9.17) is 19.4 Å². The molecule has 0 atom stereocenters. The van der Waals surface area contributed by atoms with Gasteiger partial charge in [-0.15, -0.1) is 0 Å². The maximum atomic E-state index is 13.5. The first-order valence-electron chi connectivity index (χ1n) is 13.7. The van der Waals surface area contributed by atoms with Gasteiger partial charge in [-0.25, -0.2) is 0 Å². The zero-order valence-corrected chi connectivity index (χ0v) is 24.1. The van der Waals surface area contributed by atoms with Crippen molar-refractivity contribution in [2.45, 2.75) is 13.3 Å². The van der Waals surface area contributed by atoms with Crippen molar-refractivity contribution in [2.75, 3.05) is 61.8 Å². The Hall–Kier alpha value is -4.21. The van der Waals surface area contributed by atoms with Gasteiger partial charge in [0.25, 0.3) is 0 Å². The number of aromatic nitrogens is 5. The minimum absolute atomic E-state index is 0.414. The second-order valence-electron chi connectivity index (χ2n) is 10.7. The molecule has 0 aliphatic carbocycles. The molecule has 0 spiro atoms. The van der Waals surface area contributed by atoms with Crippen molar-refractivity contribution in [3.63, 3.8) is 0 Å². The summed E-state index contributed by atoms with van der Waals surface area (Å²) in [6, 6.07) is 7.78. The van der Waals surface area contributed by atoms with Crippen molar-refractivity contribution in [3.8, 4) is 5.75 Å². The van der Waals surface area contributed by atoms with E-state index < -0.39 is 7.14 Å². The van der Waals surface area contributed by atoms with Crippen LogP contribution in [0.5, 0.6) is 5.75 Å². The van der Waals surface area contributed by atoms with Gasteiger partial charge in [0.05, 0.1) is 47.4 Å². The van der Waals surface area contributed by atoms with Crippen molar-refractivity contribution in [1.29, 1.82) is 0 Å². The molecule has 3 aromatic heterocycles. The number of rotatable bonds is 6. The maximum Gasteiger partial charge on any atom is 0.231 e. The average Bonchev–Trinajstić information content (AvgIpc) is 3.63. The molecule has 2 aliphatic heterocycles. The van der Waals surface area contributed by atoms with Crippen LogP contribution in [-0.4, -0.2) is 71.2 Å². The van der Waals surface area contributed by atoms with Crippen LogP contribution in [0.15, 0.2) is 42.9 Å². The molecule has 210 valence electrons. The fourth-order valence-corrected chi connectivity index (χ4v) is 7.23. The third-order valence-electron chi connectivity index (χ3n) is 7.53. The minimum atomic E-state index is -2.74. The number of fused-ring (bicyclic) bond motifs is 3. The average molecular weight is 571 g/mol. The Balaban J connectivity index is 1.29. The first-order chi connectivity index (χ1) is 19.9. The van der Waals surface area contributed by atoms with Gasteiger partial charge in [-0.05, 0) is 50.1 Å². The molecule has 12 heteroatoms. The Labute approximate surface area is 237 Å². The minimum Gasteiger partial charge on any atom is -0.491 e. The number of hydrogen-bond donors (Lipinski definition) is 3. The van der Waals surface area contributed by atoms with Crippen LogP contribution in [0.1, 0.15) is 11.1 Å². The van der Waals surface area contributed by atoms with Gasteiger partial charge in [0.2, 0.25) is 5.95 Å². The molecular formula is C29H31N8O3P. The van der Waals surface area contributed by atoms with Crippen LogP contribution in [0.25, 0.3) is 22.1 Å². The maximum absolute atomic E-state index is 13.5. The van der Waals surface area contributed by atoms with E-state index in [1.54, 1.807) is 25.7 Å². The molecule has 0 saturated carbocycles. The Morgan fingerprint density at radius 2 is 1.83 bits per heavy atom. The van der Waals surface area contributed by atoms with E-state index in [2.05, 4.69) is 43.5 Å². The van der Waals surface area contributed by atoms with Gasteiger partial charge in [0.1, 0.15) is 29.9 Å². The molecule has 5 aromatic rings. The molecule has 41 heavy (non-hydrogen) atoms. The highest BCUT2D eigenvalue weighted by Gasteiger charge is 2.27. The number of morpholine rings is 1. The summed E-state index contributed by atoms with van der Waals surface area (Å²) in [5, 5.41) is 8.32. The number of aryl methyl sites for hydroxylation is 1. The van der Waals surface area contributed by atoms with Crippen molar-refractivity contribution in [2.24, 2.45) is 0 Å². The fraction of sp³-hybridized carbons (Fsp3) is 0.310. The molecule has 2 aliphatic rings. The lowest BCUT2D eigenvalue weighted by molar-refractivity contribution is 0.122. The highest BCUT2D eigenvalue weighted by atomic mass is 31.2. The smallest absolute Gasteiger partial charge is 0.231 e. The summed E-state index contributed by atoms with van der Waals surface area (Å²) >= 11 is 0. The number of aromatic amines is 1. The number of anilines is 5. The van der Waals surface area contributed by atoms with Crippen molar-refractivity contribution >= 4 is 63.3 Å². The topological polar surface area (TPSA) is 130 Å². The molecular weight excluding hydrogens is 539 g/mol. The van der Waals surface area contributed by atoms with E-state index in [0.29, 0.717) is 46.0 Å². The molecule has 0 unspecified atom stereocenters. The van der Waals surface area contributed by atoms with Crippen LogP contribution >= 0.6 is 7.14 Å². The molecule has 5 heterocycles. The van der Waals surface area contributed by atoms with Crippen LogP contribution in [-0.2, 0) is 15.7 Å². The van der Waals surface area contributed by atoms with Crippen molar-refractivity contribution in [3.05, 3.63) is 54.0 Å². The SMILES string of the molecule is Cc1cc(Nc2nc(Nc3ccc4nccnc4c3P(C)(C)=O)c3cc[nH]c3n2)c2c(c1N1CCOCC1)CCO2. The number of nitrogens with one attached hydrogen (secondary N) is 3. The highest BCUT2D eigenvalue weighted by molar-refractivity contribution is 7.71. The summed E-state index contributed by atoms with van der Waals surface area (Å²) in [6.07, 6.45) is 5.93. The molecule has 11 nitrogen and oxygen atoms in total. The lowest BCUT2D eigenvalue weighted by Gasteiger charge is -2.32. The van der Waals surface area contributed by atoms with Crippen LogP contribution in [0.3, 0.4) is 0 Å². The molecule has 1 fully saturated rings. The predicted octanol–water partition coefficient (Wildman–Crippen LogP) is 4.72. The summed E-state index contributed by atoms with van der Waals surface area (Å²) < 4.78 is 25.2. The van der Waals surface area contributed by atoms with Crippen molar-refractivity contribution in [1.82, 2.24) is 24.9 Å². The Morgan fingerprint density at radius 1 is 1.00 bits per heavy atom. The van der Waals surface area contributed by atoms with Gasteiger partial charge in [-0.1, -0.05) is 0 Å². The monoisotopic (exact) mass is 570 g/mol. The molecule has 0 radical (unpaired) electrons. The van der Waals surface area contributed by atoms with Gasteiger partial charge >= 0.3 is 0 Å². The first-order valence-corrected chi connectivity index (χ1v) is 16.3. The fourth-order valence-electron chi connectivity index (χ4n) is 5.84. The summed E-state index contributed by atoms with van der Waals surface area (Å²) in [4.78, 5) is 24.1. The molecule has 3 N–H and O–H groups in total. The summed E-state index contributed by atoms with van der Waals surface area (Å²) in [5.74, 6) is 1.84. The lowest BCUT2D eigenvalue weighted by Crippen LogP contribution is -2.37. The third kappa shape index (κ3) is 4.65. The van der Waals surface area contributed by atoms with Gasteiger partial charge < -0.3 is 34.6 Å². The Morgan fingerprint density at radius 3 is 2.66 bits per heavy atom. The standard InChI is InChI=1S/C29H31N8O3P/c1-17-16-22(25-18(7-13-40-25)24(17)37-11-14-39-15-12-37)34-29-35-27-19(6-8-32-27)28(36-29)33-21-5-4-20-23(31-10-9-30-20)26(21)41(2,3)38/h4-6,8-10,16H,7,11-15H2,1-3H3,(H3,32,33,34,35,36). The number of hydrogen-bond acceptors (Lipinski definition) is 10. The van der Waals surface area contributed by atoms with Gasteiger partial charge in [-0.2, -0.15) is 9.97 Å². The summed E-state index contributed by atoms with van der Waals surface area (Å²) in [7, 11) is -2.74. The summed E-state index contributed by atoms with van der Waals surface area (Å²) in [6.45, 7) is 9.44. The first kappa shape index (κ1) is 25.7. The number of H-pyrrole nitrogens is 1. The number of nitrogens with zero attached hydrogens (tertiary/aromatic N) is 5. The molecule has 1 saturated heterocycles. The largest absolute Gasteiger partial charge is 0.491 e. The molecule has 0 bridgehead atoms. The van der Waals surface area contributed by atoms with Gasteiger partial charge in [0, 0.05) is 49.4 Å². The number of benzene rings is 2. The second kappa shape index (κ2) is 10.0. The molecule has 0 amide bonds. The van der Waals surface area contributed by atoms with E-state index >= 15 is 0 Å². The zero-order valence-electron chi connectivity index (χ0n) is 23.2. The lowest BCUT2D eigenvalue weighted by atomic mass is 10.0. The van der Waals surface area contributed by atoms with E-state index in [9.17, 15) is 4.57 Å². The van der Waals surface area contributed by atoms with Crippen LogP contribution in [0, 0.1) is 6.92 Å². The van der Waals surface area contributed by atoms with Gasteiger partial charge in [0.15, 0.2) is 0 Å². The Kier molecular flexibility index (Phi) is 6.28. The quantitative estimate of drug-likeness (QED) is 0.247. The zero-order chi connectivity index (χ0) is 28.1. The summed E-state index contributed by atoms with van der Waals surface area (Å²) in [5.41, 5.74) is 7.10. The van der Waals surface area contributed by atoms with E-state index in [0.717, 1.165) is 49.5 Å². The van der Waals surface area contributed by atoms with E-state index in [1.165, 1.54) is 16.8 Å². The van der Waals surface area contributed by atoms with E-state index in [1.807, 2.05) is 24.4 Å². The molecule has 2 aromatic carbocycles. The van der Waals surface area contributed by atoms with Crippen molar-refractivity contribution < 1.29 is 14.0 Å². The molecule has 7 rings (SSSR count). The highest BCUT2D eigenvalue weighted by Crippen LogP contribution is 2.44. The predicted molar refractivity (Wildman–Crippen MR) is 162 cm³/mol. The van der Waals surface area contributed by atoms with E-state index in [-0.39, 0.29) is 0 Å². The van der Waals surface area contributed by atoms with Crippen LogP contribution < -0.4 is 25.6 Å². The van der Waals surface area contributed by atoms with Crippen LogP contribution in [0.2, 0.25) is 0 Å². The second-order valence-corrected chi connectivity index (χ2v) is 13.9. The van der Waals surface area contributed by atoms with Crippen LogP contribution in [0.4, 0.5) is 28.8 Å². The third-order valence-corrected chi connectivity index (χ3v) is 9.06. The Bertz CT molecular complexity index is 1840. The number of ether oxygens (including phenoxy) is 2. The van der Waals surface area contributed by atoms with Gasteiger partial charge in [-0.3, -0.25) is 9.97 Å².